The lowest BCUT2D eigenvalue weighted by Crippen LogP contribution is -2.45. The van der Waals surface area contributed by atoms with Gasteiger partial charge in [0.1, 0.15) is 11.2 Å². The molecule has 0 radical (unpaired) electrons. The second-order valence-electron chi connectivity index (χ2n) is 4.42. The van der Waals surface area contributed by atoms with Crippen LogP contribution in [0.25, 0.3) is 0 Å². The van der Waals surface area contributed by atoms with E-state index in [1.54, 1.807) is 12.1 Å². The summed E-state index contributed by atoms with van der Waals surface area (Å²) in [6.45, 7) is 0. The number of rotatable bonds is 4. The second-order valence-corrected chi connectivity index (χ2v) is 4.83. The minimum atomic E-state index is -1.25. The van der Waals surface area contributed by atoms with Crippen LogP contribution in [0.5, 0.6) is 5.75 Å². The van der Waals surface area contributed by atoms with Crippen LogP contribution in [0, 0.1) is 5.41 Å². The van der Waals surface area contributed by atoms with Crippen LogP contribution in [-0.4, -0.2) is 24.0 Å². The molecule has 0 bridgehead atoms. The first-order valence-electron chi connectivity index (χ1n) is 5.63. The predicted molar refractivity (Wildman–Crippen MR) is 66.3 cm³/mol. The van der Waals surface area contributed by atoms with Crippen molar-refractivity contribution in [2.24, 2.45) is 5.41 Å². The monoisotopic (exact) mass is 268 g/mol. The van der Waals surface area contributed by atoms with E-state index in [4.69, 9.17) is 16.3 Å². The van der Waals surface area contributed by atoms with E-state index in [2.05, 4.69) is 0 Å². The number of hydrogen-bond donors (Lipinski definition) is 1. The van der Waals surface area contributed by atoms with Crippen molar-refractivity contribution in [3.05, 3.63) is 28.8 Å². The van der Waals surface area contributed by atoms with Crippen LogP contribution in [0.4, 0.5) is 0 Å². The topological polar surface area (TPSA) is 63.6 Å². The molecule has 1 aliphatic rings. The molecule has 0 amide bonds. The van der Waals surface area contributed by atoms with Gasteiger partial charge in [-0.25, -0.2) is 0 Å². The molecule has 0 aliphatic heterocycles. The molecule has 1 fully saturated rings. The highest BCUT2D eigenvalue weighted by Crippen LogP contribution is 2.44. The molecule has 1 aromatic rings. The Labute approximate surface area is 110 Å². The highest BCUT2D eigenvalue weighted by atomic mass is 35.5. The molecule has 0 aromatic heterocycles. The Morgan fingerprint density at radius 2 is 2.06 bits per heavy atom. The molecule has 0 spiro atoms. The molecule has 0 unspecified atom stereocenters. The quantitative estimate of drug-likeness (QED) is 0.674. The minimum absolute atomic E-state index is 0.309. The lowest BCUT2D eigenvalue weighted by molar-refractivity contribution is -0.150. The molecule has 2 rings (SSSR count). The number of Topliss-reactive ketones (excluding diaryl/α,β-unsaturated/α-hetero) is 1. The number of carboxylic acid groups (broad SMARTS) is 1. The second kappa shape index (κ2) is 4.61. The Morgan fingerprint density at radius 1 is 1.39 bits per heavy atom. The highest BCUT2D eigenvalue weighted by molar-refractivity contribution is 6.32. The van der Waals surface area contributed by atoms with Crippen LogP contribution in [0.1, 0.15) is 29.6 Å². The van der Waals surface area contributed by atoms with E-state index in [0.717, 1.165) is 6.42 Å². The smallest absolute Gasteiger partial charge is 0.317 e. The minimum Gasteiger partial charge on any atom is -0.495 e. The summed E-state index contributed by atoms with van der Waals surface area (Å²) in [7, 11) is 1.48. The predicted octanol–water partition coefficient (Wildman–Crippen LogP) is 2.79. The highest BCUT2D eigenvalue weighted by Gasteiger charge is 2.51. The molecule has 4 nitrogen and oxygen atoms in total. The number of ether oxygens (including phenoxy) is 1. The fourth-order valence-corrected chi connectivity index (χ4v) is 2.41. The fourth-order valence-electron chi connectivity index (χ4n) is 2.15. The van der Waals surface area contributed by atoms with Crippen LogP contribution in [-0.2, 0) is 4.79 Å². The van der Waals surface area contributed by atoms with E-state index < -0.39 is 11.4 Å². The molecule has 0 heterocycles. The van der Waals surface area contributed by atoms with E-state index in [-0.39, 0.29) is 5.78 Å². The summed E-state index contributed by atoms with van der Waals surface area (Å²) in [6.07, 6.45) is 1.55. The van der Waals surface area contributed by atoms with Crippen molar-refractivity contribution in [2.75, 3.05) is 7.11 Å². The van der Waals surface area contributed by atoms with Gasteiger partial charge in [-0.15, -0.1) is 0 Å². The molecule has 18 heavy (non-hydrogen) atoms. The number of aliphatic carboxylic acids is 1. The number of halogens is 1. The Kier molecular flexibility index (Phi) is 3.30. The van der Waals surface area contributed by atoms with Crippen molar-refractivity contribution >= 4 is 23.4 Å². The van der Waals surface area contributed by atoms with Gasteiger partial charge in [-0.05, 0) is 31.0 Å². The Balaban J connectivity index is 2.34. The summed E-state index contributed by atoms with van der Waals surface area (Å²) in [6, 6.07) is 4.59. The van der Waals surface area contributed by atoms with Crippen LogP contribution < -0.4 is 4.74 Å². The molecule has 1 N–H and O–H groups in total. The van der Waals surface area contributed by atoms with E-state index in [1.807, 2.05) is 0 Å². The maximum atomic E-state index is 12.3. The van der Waals surface area contributed by atoms with Gasteiger partial charge >= 0.3 is 5.97 Å². The van der Waals surface area contributed by atoms with Gasteiger partial charge in [-0.2, -0.15) is 0 Å². The summed E-state index contributed by atoms with van der Waals surface area (Å²) in [4.78, 5) is 23.5. The summed E-state index contributed by atoms with van der Waals surface area (Å²) < 4.78 is 4.99. The fraction of sp³-hybridized carbons (Fsp3) is 0.385. The van der Waals surface area contributed by atoms with E-state index >= 15 is 0 Å². The zero-order valence-corrected chi connectivity index (χ0v) is 10.7. The number of methoxy groups -OCH3 is 1. The number of hydrogen-bond acceptors (Lipinski definition) is 3. The van der Waals surface area contributed by atoms with E-state index in [0.29, 0.717) is 29.2 Å². The SMILES string of the molecule is COc1ccc(C(=O)C2(C(=O)O)CCC2)cc1Cl. The number of carbonyl (C=O) groups excluding carboxylic acids is 1. The van der Waals surface area contributed by atoms with Gasteiger partial charge in [-0.3, -0.25) is 9.59 Å². The first kappa shape index (κ1) is 12.9. The number of carboxylic acids is 1. The van der Waals surface area contributed by atoms with Gasteiger partial charge in [0.15, 0.2) is 5.78 Å². The molecule has 0 saturated heterocycles. The van der Waals surface area contributed by atoms with Crippen LogP contribution >= 0.6 is 11.6 Å². The molecule has 0 atom stereocenters. The summed E-state index contributed by atoms with van der Waals surface area (Å²) in [5.74, 6) is -0.956. The average molecular weight is 269 g/mol. The van der Waals surface area contributed by atoms with Crippen molar-refractivity contribution in [3.8, 4) is 5.75 Å². The molecule has 1 aromatic carbocycles. The Hall–Kier alpha value is -1.55. The Morgan fingerprint density at radius 3 is 2.44 bits per heavy atom. The van der Waals surface area contributed by atoms with Gasteiger partial charge in [-0.1, -0.05) is 18.0 Å². The molecule has 5 heteroatoms. The third-order valence-electron chi connectivity index (χ3n) is 3.47. The van der Waals surface area contributed by atoms with Crippen molar-refractivity contribution in [3.63, 3.8) is 0 Å². The number of ketones is 1. The molecule has 1 aliphatic carbocycles. The van der Waals surface area contributed by atoms with Crippen LogP contribution in [0.15, 0.2) is 18.2 Å². The van der Waals surface area contributed by atoms with Crippen LogP contribution in [0.3, 0.4) is 0 Å². The summed E-state index contributed by atoms with van der Waals surface area (Å²) >= 11 is 5.94. The average Bonchev–Trinajstić information content (AvgIpc) is 2.26. The van der Waals surface area contributed by atoms with Gasteiger partial charge in [0.05, 0.1) is 12.1 Å². The van der Waals surface area contributed by atoms with E-state index in [9.17, 15) is 14.7 Å². The van der Waals surface area contributed by atoms with Crippen molar-refractivity contribution in [2.45, 2.75) is 19.3 Å². The largest absolute Gasteiger partial charge is 0.495 e. The summed E-state index contributed by atoms with van der Waals surface area (Å²) in [5.41, 5.74) is -0.930. The lowest BCUT2D eigenvalue weighted by atomic mass is 9.64. The maximum Gasteiger partial charge on any atom is 0.317 e. The summed E-state index contributed by atoms with van der Waals surface area (Å²) in [5, 5.41) is 9.52. The van der Waals surface area contributed by atoms with Crippen molar-refractivity contribution in [1.29, 1.82) is 0 Å². The van der Waals surface area contributed by atoms with Gasteiger partial charge in [0.2, 0.25) is 0 Å². The molecular formula is C13H13ClO4. The zero-order chi connectivity index (χ0) is 13.3. The first-order chi connectivity index (χ1) is 8.51. The van der Waals surface area contributed by atoms with Crippen molar-refractivity contribution in [1.82, 2.24) is 0 Å². The lowest BCUT2D eigenvalue weighted by Gasteiger charge is -2.36. The third kappa shape index (κ3) is 1.86. The van der Waals surface area contributed by atoms with Gasteiger partial charge in [0, 0.05) is 5.56 Å². The van der Waals surface area contributed by atoms with Gasteiger partial charge in [0.25, 0.3) is 0 Å². The first-order valence-corrected chi connectivity index (χ1v) is 6.01. The Bertz CT molecular complexity index is 506. The zero-order valence-electron chi connectivity index (χ0n) is 9.90. The molecular weight excluding hydrogens is 256 g/mol. The van der Waals surface area contributed by atoms with E-state index in [1.165, 1.54) is 13.2 Å². The number of benzene rings is 1. The maximum absolute atomic E-state index is 12.3. The standard InChI is InChI=1S/C13H13ClO4/c1-18-10-4-3-8(7-9(10)14)11(15)13(12(16)17)5-2-6-13/h3-4,7H,2,5-6H2,1H3,(H,16,17). The van der Waals surface area contributed by atoms with Crippen LogP contribution in [0.2, 0.25) is 5.02 Å². The molecule has 1 saturated carbocycles. The normalized spacial score (nSPS) is 16.8. The molecule has 96 valence electrons. The van der Waals surface area contributed by atoms with Gasteiger partial charge < -0.3 is 9.84 Å². The van der Waals surface area contributed by atoms with Crippen molar-refractivity contribution < 1.29 is 19.4 Å². The number of carbonyl (C=O) groups is 2. The third-order valence-corrected chi connectivity index (χ3v) is 3.76.